The number of hydrogen-bond acceptors (Lipinski definition) is 6. The maximum absolute atomic E-state index is 12.2. The van der Waals surface area contributed by atoms with Crippen LogP contribution >= 0.6 is 11.8 Å². The zero-order valence-corrected chi connectivity index (χ0v) is 16.7. The molecule has 2 amide bonds. The minimum atomic E-state index is -0.204. The quantitative estimate of drug-likeness (QED) is 0.603. The van der Waals surface area contributed by atoms with Crippen LogP contribution in [0.15, 0.2) is 35.5 Å². The van der Waals surface area contributed by atoms with Crippen LogP contribution in [0.3, 0.4) is 0 Å². The molecule has 1 heterocycles. The van der Waals surface area contributed by atoms with Gasteiger partial charge in [-0.2, -0.15) is 0 Å². The molecule has 0 aliphatic heterocycles. The number of aromatic nitrogens is 3. The standard InChI is InChI=1S/C18H25N5O3S/c1-19-16(24)12-22(2)17(25)13-27-18-21-20-15(23(18)9-10-26-3)11-14-7-5-4-6-8-14/h4-8H,9-13H2,1-3H3,(H,19,24). The molecule has 0 aliphatic carbocycles. The van der Waals surface area contributed by atoms with Crippen molar-refractivity contribution >= 4 is 23.6 Å². The maximum Gasteiger partial charge on any atom is 0.239 e. The number of rotatable bonds is 10. The molecule has 0 radical (unpaired) electrons. The summed E-state index contributed by atoms with van der Waals surface area (Å²) in [4.78, 5) is 25.0. The van der Waals surface area contributed by atoms with Crippen molar-refractivity contribution in [1.82, 2.24) is 25.0 Å². The van der Waals surface area contributed by atoms with Crippen molar-refractivity contribution in [2.24, 2.45) is 0 Å². The molecule has 0 fully saturated rings. The molecule has 2 aromatic rings. The van der Waals surface area contributed by atoms with Crippen molar-refractivity contribution in [1.29, 1.82) is 0 Å². The van der Waals surface area contributed by atoms with Crippen molar-refractivity contribution in [2.45, 2.75) is 18.1 Å². The largest absolute Gasteiger partial charge is 0.383 e. The van der Waals surface area contributed by atoms with Gasteiger partial charge < -0.3 is 19.5 Å². The molecule has 0 saturated heterocycles. The molecule has 0 bridgehead atoms. The van der Waals surface area contributed by atoms with Crippen molar-refractivity contribution in [3.8, 4) is 0 Å². The summed E-state index contributed by atoms with van der Waals surface area (Å²) in [5.74, 6) is 0.662. The van der Waals surface area contributed by atoms with E-state index in [1.807, 2.05) is 34.9 Å². The van der Waals surface area contributed by atoms with E-state index in [9.17, 15) is 9.59 Å². The van der Waals surface area contributed by atoms with Gasteiger partial charge in [0, 0.05) is 34.2 Å². The number of nitrogens with one attached hydrogen (secondary N) is 1. The molecule has 0 atom stereocenters. The lowest BCUT2D eigenvalue weighted by Gasteiger charge is -2.16. The minimum absolute atomic E-state index is 0.0332. The van der Waals surface area contributed by atoms with Crippen LogP contribution in [0.1, 0.15) is 11.4 Å². The van der Waals surface area contributed by atoms with Gasteiger partial charge >= 0.3 is 0 Å². The molecular weight excluding hydrogens is 366 g/mol. The number of carbonyl (C=O) groups excluding carboxylic acids is 2. The van der Waals surface area contributed by atoms with Crippen molar-refractivity contribution < 1.29 is 14.3 Å². The molecule has 2 rings (SSSR count). The first kappa shape index (κ1) is 20.9. The smallest absolute Gasteiger partial charge is 0.239 e. The van der Waals surface area contributed by atoms with Crippen LogP contribution in [0.25, 0.3) is 0 Å². The molecule has 1 aromatic carbocycles. The lowest BCUT2D eigenvalue weighted by molar-refractivity contribution is -0.132. The van der Waals surface area contributed by atoms with Gasteiger partial charge in [0.15, 0.2) is 5.16 Å². The first-order chi connectivity index (χ1) is 13.0. The number of thioether (sulfide) groups is 1. The Morgan fingerprint density at radius 1 is 1.26 bits per heavy atom. The van der Waals surface area contributed by atoms with E-state index in [1.54, 1.807) is 21.2 Å². The third-order valence-electron chi connectivity index (χ3n) is 3.93. The van der Waals surface area contributed by atoms with E-state index in [4.69, 9.17) is 4.74 Å². The van der Waals surface area contributed by atoms with E-state index in [-0.39, 0.29) is 24.1 Å². The van der Waals surface area contributed by atoms with Crippen molar-refractivity contribution in [3.05, 3.63) is 41.7 Å². The van der Waals surface area contributed by atoms with E-state index in [1.165, 1.54) is 16.7 Å². The summed E-state index contributed by atoms with van der Waals surface area (Å²) in [5, 5.41) is 11.7. The van der Waals surface area contributed by atoms with Crippen LogP contribution in [0.2, 0.25) is 0 Å². The number of methoxy groups -OCH3 is 1. The Balaban J connectivity index is 2.05. The summed E-state index contributed by atoms with van der Waals surface area (Å²) in [6.45, 7) is 1.17. The second-order valence-corrected chi connectivity index (χ2v) is 6.86. The Hall–Kier alpha value is -2.39. The van der Waals surface area contributed by atoms with E-state index < -0.39 is 0 Å². The molecule has 0 saturated carbocycles. The van der Waals surface area contributed by atoms with E-state index >= 15 is 0 Å². The summed E-state index contributed by atoms with van der Waals surface area (Å²) in [6.07, 6.45) is 0.655. The monoisotopic (exact) mass is 391 g/mol. The lowest BCUT2D eigenvalue weighted by atomic mass is 10.1. The number of nitrogens with zero attached hydrogens (tertiary/aromatic N) is 4. The third-order valence-corrected chi connectivity index (χ3v) is 4.88. The highest BCUT2D eigenvalue weighted by Crippen LogP contribution is 2.19. The molecule has 0 aliphatic rings. The highest BCUT2D eigenvalue weighted by atomic mass is 32.2. The number of carbonyl (C=O) groups is 2. The van der Waals surface area contributed by atoms with Gasteiger partial charge in [0.1, 0.15) is 5.82 Å². The van der Waals surface area contributed by atoms with Gasteiger partial charge in [-0.15, -0.1) is 10.2 Å². The first-order valence-corrected chi connectivity index (χ1v) is 9.56. The molecule has 8 nitrogen and oxygen atoms in total. The van der Waals surface area contributed by atoms with Gasteiger partial charge in [0.25, 0.3) is 0 Å². The summed E-state index contributed by atoms with van der Waals surface area (Å²) in [5.41, 5.74) is 1.14. The zero-order valence-electron chi connectivity index (χ0n) is 15.8. The Labute approximate surface area is 163 Å². The Morgan fingerprint density at radius 2 is 2.00 bits per heavy atom. The SMILES string of the molecule is CNC(=O)CN(C)C(=O)CSc1nnc(Cc2ccccc2)n1CCOC. The molecule has 146 valence electrons. The van der Waals surface area contributed by atoms with E-state index in [0.717, 1.165) is 11.4 Å². The third kappa shape index (κ3) is 6.37. The summed E-state index contributed by atoms with van der Waals surface area (Å²) < 4.78 is 7.17. The second kappa shape index (κ2) is 10.7. The summed E-state index contributed by atoms with van der Waals surface area (Å²) in [6, 6.07) is 10.0. The zero-order chi connectivity index (χ0) is 19.6. The van der Waals surface area contributed by atoms with E-state index in [2.05, 4.69) is 15.5 Å². The number of benzene rings is 1. The van der Waals surface area contributed by atoms with Crippen molar-refractivity contribution in [3.63, 3.8) is 0 Å². The minimum Gasteiger partial charge on any atom is -0.383 e. The van der Waals surface area contributed by atoms with Gasteiger partial charge in [-0.05, 0) is 5.56 Å². The predicted octanol–water partition coefficient (Wildman–Crippen LogP) is 0.812. The average Bonchev–Trinajstić information content (AvgIpc) is 3.06. The van der Waals surface area contributed by atoms with Crippen LogP contribution in [-0.4, -0.2) is 71.6 Å². The molecule has 0 unspecified atom stereocenters. The van der Waals surface area contributed by atoms with Crippen LogP contribution in [0, 0.1) is 0 Å². The van der Waals surface area contributed by atoms with Gasteiger partial charge in [0.2, 0.25) is 11.8 Å². The fourth-order valence-electron chi connectivity index (χ4n) is 2.36. The maximum atomic E-state index is 12.2. The molecule has 27 heavy (non-hydrogen) atoms. The van der Waals surface area contributed by atoms with E-state index in [0.29, 0.717) is 24.7 Å². The van der Waals surface area contributed by atoms with Gasteiger partial charge in [-0.1, -0.05) is 42.1 Å². The summed E-state index contributed by atoms with van der Waals surface area (Å²) in [7, 11) is 4.79. The fraction of sp³-hybridized carbons (Fsp3) is 0.444. The predicted molar refractivity (Wildman–Crippen MR) is 104 cm³/mol. The van der Waals surface area contributed by atoms with Crippen LogP contribution in [0.5, 0.6) is 0 Å². The number of ether oxygens (including phenoxy) is 1. The second-order valence-electron chi connectivity index (χ2n) is 5.92. The molecule has 1 N–H and O–H groups in total. The molecule has 9 heteroatoms. The fourth-order valence-corrected chi connectivity index (χ4v) is 3.29. The lowest BCUT2D eigenvalue weighted by Crippen LogP contribution is -2.37. The normalized spacial score (nSPS) is 10.6. The van der Waals surface area contributed by atoms with Gasteiger partial charge in [-0.25, -0.2) is 0 Å². The molecule has 1 aromatic heterocycles. The number of hydrogen-bond donors (Lipinski definition) is 1. The topological polar surface area (TPSA) is 89.4 Å². The number of likely N-dealkylation sites (N-methyl/N-ethyl adjacent to an activating group) is 2. The van der Waals surface area contributed by atoms with Crippen LogP contribution in [-0.2, 0) is 27.3 Å². The first-order valence-electron chi connectivity index (χ1n) is 8.57. The molecule has 0 spiro atoms. The van der Waals surface area contributed by atoms with Crippen molar-refractivity contribution in [2.75, 3.05) is 40.1 Å². The Kier molecular flexibility index (Phi) is 8.28. The van der Waals surface area contributed by atoms with Gasteiger partial charge in [-0.3, -0.25) is 9.59 Å². The highest BCUT2D eigenvalue weighted by molar-refractivity contribution is 7.99. The Morgan fingerprint density at radius 3 is 2.67 bits per heavy atom. The van der Waals surface area contributed by atoms with Gasteiger partial charge in [0.05, 0.1) is 18.9 Å². The average molecular weight is 391 g/mol. The highest BCUT2D eigenvalue weighted by Gasteiger charge is 2.17. The Bertz CT molecular complexity index is 751. The number of amides is 2. The van der Waals surface area contributed by atoms with Crippen LogP contribution < -0.4 is 5.32 Å². The van der Waals surface area contributed by atoms with Crippen LogP contribution in [0.4, 0.5) is 0 Å². The summed E-state index contributed by atoms with van der Waals surface area (Å²) >= 11 is 1.31. The molecular formula is C18H25N5O3S.